The number of anilines is 1. The summed E-state index contributed by atoms with van der Waals surface area (Å²) < 4.78 is 13.8. The van der Waals surface area contributed by atoms with E-state index in [9.17, 15) is 14.0 Å². The van der Waals surface area contributed by atoms with Crippen LogP contribution in [0.4, 0.5) is 10.1 Å². The molecule has 2 amide bonds. The molecule has 2 aromatic carbocycles. The number of carbonyl (C=O) groups excluding carboxylic acids is 2. The second-order valence-electron chi connectivity index (χ2n) is 5.05. The van der Waals surface area contributed by atoms with E-state index in [4.69, 9.17) is 0 Å². The van der Waals surface area contributed by atoms with E-state index in [0.29, 0.717) is 5.69 Å². The van der Waals surface area contributed by atoms with Crippen LogP contribution in [0.2, 0.25) is 0 Å². The fourth-order valence-corrected chi connectivity index (χ4v) is 2.93. The van der Waals surface area contributed by atoms with Crippen LogP contribution in [0.1, 0.15) is 0 Å². The van der Waals surface area contributed by atoms with Crippen LogP contribution < -0.4 is 5.32 Å². The number of hydrogen-bond donors (Lipinski definition) is 1. The molecule has 0 saturated carbocycles. The molecule has 0 bridgehead atoms. The minimum atomic E-state index is -0.370. The molecule has 0 aliphatic heterocycles. The molecular formula is C17H16BrFN2O2S. The van der Waals surface area contributed by atoms with Gasteiger partial charge in [0.2, 0.25) is 11.8 Å². The van der Waals surface area contributed by atoms with Crippen LogP contribution in [0.15, 0.2) is 57.9 Å². The summed E-state index contributed by atoms with van der Waals surface area (Å²) in [6, 6.07) is 13.1. The standard InChI is InChI=1S/C17H16BrFN2O2S/c1-21(10-16(22)20-14-6-4-13(19)5-7-14)17(23)11-24-15-8-2-12(18)3-9-15/h2-9H,10-11H2,1H3,(H,20,22). The third-order valence-electron chi connectivity index (χ3n) is 3.11. The zero-order valence-corrected chi connectivity index (χ0v) is 15.4. The van der Waals surface area contributed by atoms with E-state index in [2.05, 4.69) is 21.2 Å². The number of nitrogens with zero attached hydrogens (tertiary/aromatic N) is 1. The van der Waals surface area contributed by atoms with Gasteiger partial charge in [0.05, 0.1) is 12.3 Å². The van der Waals surface area contributed by atoms with Crippen molar-refractivity contribution in [2.45, 2.75) is 4.90 Å². The van der Waals surface area contributed by atoms with E-state index in [1.54, 1.807) is 7.05 Å². The number of halogens is 2. The molecule has 2 aromatic rings. The highest BCUT2D eigenvalue weighted by Gasteiger charge is 2.13. The SMILES string of the molecule is CN(CC(=O)Nc1ccc(F)cc1)C(=O)CSc1ccc(Br)cc1. The summed E-state index contributed by atoms with van der Waals surface area (Å²) in [7, 11) is 1.58. The van der Waals surface area contributed by atoms with Crippen LogP contribution in [0.25, 0.3) is 0 Å². The average molecular weight is 411 g/mol. The molecule has 0 aromatic heterocycles. The summed E-state index contributed by atoms with van der Waals surface area (Å²) in [6.45, 7) is -0.0584. The van der Waals surface area contributed by atoms with Gasteiger partial charge in [-0.2, -0.15) is 0 Å². The molecule has 7 heteroatoms. The third-order valence-corrected chi connectivity index (χ3v) is 4.64. The normalized spacial score (nSPS) is 10.3. The number of benzene rings is 2. The molecule has 4 nitrogen and oxygen atoms in total. The summed E-state index contributed by atoms with van der Waals surface area (Å²) in [6.07, 6.45) is 0. The average Bonchev–Trinajstić information content (AvgIpc) is 2.56. The van der Waals surface area contributed by atoms with Gasteiger partial charge in [-0.25, -0.2) is 4.39 Å². The van der Waals surface area contributed by atoms with Gasteiger partial charge in [-0.1, -0.05) is 15.9 Å². The Labute approximate surface area is 152 Å². The maximum atomic E-state index is 12.8. The number of carbonyl (C=O) groups is 2. The van der Waals surface area contributed by atoms with E-state index in [1.165, 1.54) is 40.9 Å². The smallest absolute Gasteiger partial charge is 0.243 e. The summed E-state index contributed by atoms with van der Waals surface area (Å²) in [4.78, 5) is 26.3. The minimum Gasteiger partial charge on any atom is -0.336 e. The van der Waals surface area contributed by atoms with Gasteiger partial charge in [-0.15, -0.1) is 11.8 Å². The molecule has 0 radical (unpaired) electrons. The number of hydrogen-bond acceptors (Lipinski definition) is 3. The van der Waals surface area contributed by atoms with E-state index >= 15 is 0 Å². The first-order chi connectivity index (χ1) is 11.4. The van der Waals surface area contributed by atoms with E-state index < -0.39 is 0 Å². The molecule has 24 heavy (non-hydrogen) atoms. The van der Waals surface area contributed by atoms with E-state index in [1.807, 2.05) is 24.3 Å². The quantitative estimate of drug-likeness (QED) is 0.737. The molecule has 0 heterocycles. The monoisotopic (exact) mass is 410 g/mol. The third kappa shape index (κ3) is 5.98. The fourth-order valence-electron chi connectivity index (χ4n) is 1.82. The molecule has 0 saturated heterocycles. The summed E-state index contributed by atoms with van der Waals surface area (Å²) in [5.74, 6) is -0.587. The van der Waals surface area contributed by atoms with Crippen LogP contribution in [-0.2, 0) is 9.59 Å². The van der Waals surface area contributed by atoms with Crippen molar-refractivity contribution in [3.63, 3.8) is 0 Å². The number of amides is 2. The Balaban J connectivity index is 1.78. The number of thioether (sulfide) groups is 1. The lowest BCUT2D eigenvalue weighted by molar-refractivity contribution is -0.131. The molecule has 0 spiro atoms. The van der Waals surface area contributed by atoms with Crippen molar-refractivity contribution in [3.8, 4) is 0 Å². The molecule has 0 unspecified atom stereocenters. The summed E-state index contributed by atoms with van der Waals surface area (Å²) >= 11 is 4.77. The molecule has 2 rings (SSSR count). The largest absolute Gasteiger partial charge is 0.336 e. The molecular weight excluding hydrogens is 395 g/mol. The van der Waals surface area contributed by atoms with Gasteiger partial charge in [0.25, 0.3) is 0 Å². The van der Waals surface area contributed by atoms with Crippen LogP contribution in [0.5, 0.6) is 0 Å². The molecule has 0 fully saturated rings. The Bertz CT molecular complexity index is 708. The maximum absolute atomic E-state index is 12.8. The summed E-state index contributed by atoms with van der Waals surface area (Å²) in [5.41, 5.74) is 0.492. The molecule has 0 aliphatic rings. The Morgan fingerprint density at radius 3 is 2.38 bits per heavy atom. The second kappa shape index (κ2) is 8.84. The highest BCUT2D eigenvalue weighted by atomic mass is 79.9. The molecule has 1 N–H and O–H groups in total. The van der Waals surface area contributed by atoms with Crippen molar-refractivity contribution in [3.05, 3.63) is 58.8 Å². The predicted octanol–water partition coefficient (Wildman–Crippen LogP) is 3.78. The van der Waals surface area contributed by atoms with Gasteiger partial charge < -0.3 is 10.2 Å². The van der Waals surface area contributed by atoms with Gasteiger partial charge in [0.1, 0.15) is 5.82 Å². The van der Waals surface area contributed by atoms with Gasteiger partial charge >= 0.3 is 0 Å². The topological polar surface area (TPSA) is 49.4 Å². The van der Waals surface area contributed by atoms with Gasteiger partial charge in [0, 0.05) is 22.1 Å². The van der Waals surface area contributed by atoms with Crippen molar-refractivity contribution in [2.75, 3.05) is 24.7 Å². The number of rotatable bonds is 6. The Kier molecular flexibility index (Phi) is 6.81. The van der Waals surface area contributed by atoms with Crippen LogP contribution in [0, 0.1) is 5.82 Å². The first-order valence-corrected chi connectivity index (χ1v) is 8.89. The van der Waals surface area contributed by atoms with Crippen LogP contribution in [-0.4, -0.2) is 36.1 Å². The van der Waals surface area contributed by atoms with Gasteiger partial charge in [0.15, 0.2) is 0 Å². The fraction of sp³-hybridized carbons (Fsp3) is 0.176. The van der Waals surface area contributed by atoms with Crippen molar-refractivity contribution < 1.29 is 14.0 Å². The lowest BCUT2D eigenvalue weighted by Crippen LogP contribution is -2.35. The summed E-state index contributed by atoms with van der Waals surface area (Å²) in [5, 5.41) is 2.62. The first-order valence-electron chi connectivity index (χ1n) is 7.12. The van der Waals surface area contributed by atoms with Crippen molar-refractivity contribution in [1.82, 2.24) is 4.90 Å². The lowest BCUT2D eigenvalue weighted by atomic mass is 10.3. The molecule has 0 aliphatic carbocycles. The second-order valence-corrected chi connectivity index (χ2v) is 7.01. The van der Waals surface area contributed by atoms with E-state index in [0.717, 1.165) is 9.37 Å². The first kappa shape index (κ1) is 18.5. The predicted molar refractivity (Wildman–Crippen MR) is 97.5 cm³/mol. The maximum Gasteiger partial charge on any atom is 0.243 e. The highest BCUT2D eigenvalue weighted by molar-refractivity contribution is 9.10. The molecule has 0 atom stereocenters. The van der Waals surface area contributed by atoms with Gasteiger partial charge in [-0.3, -0.25) is 9.59 Å². The Morgan fingerprint density at radius 1 is 1.12 bits per heavy atom. The lowest BCUT2D eigenvalue weighted by Gasteiger charge is -2.16. The van der Waals surface area contributed by atoms with Crippen molar-refractivity contribution in [1.29, 1.82) is 0 Å². The zero-order chi connectivity index (χ0) is 17.5. The van der Waals surface area contributed by atoms with Gasteiger partial charge in [-0.05, 0) is 48.5 Å². The van der Waals surface area contributed by atoms with Crippen molar-refractivity contribution >= 4 is 45.2 Å². The highest BCUT2D eigenvalue weighted by Crippen LogP contribution is 2.20. The van der Waals surface area contributed by atoms with Crippen LogP contribution >= 0.6 is 27.7 Å². The zero-order valence-electron chi connectivity index (χ0n) is 13.0. The Morgan fingerprint density at radius 2 is 1.75 bits per heavy atom. The van der Waals surface area contributed by atoms with Crippen LogP contribution in [0.3, 0.4) is 0 Å². The number of likely N-dealkylation sites (N-methyl/N-ethyl adjacent to an activating group) is 1. The number of nitrogens with one attached hydrogen (secondary N) is 1. The minimum absolute atomic E-state index is 0.0584. The Hall–Kier alpha value is -1.86. The van der Waals surface area contributed by atoms with E-state index in [-0.39, 0.29) is 29.9 Å². The molecule has 126 valence electrons. The van der Waals surface area contributed by atoms with Crippen molar-refractivity contribution in [2.24, 2.45) is 0 Å².